The van der Waals surface area contributed by atoms with Gasteiger partial charge in [-0.05, 0) is 13.3 Å². The molecule has 0 spiro atoms. The topological polar surface area (TPSA) is 44.4 Å². The molecule has 1 unspecified atom stereocenters. The van der Waals surface area contributed by atoms with Crippen LogP contribution < -0.4 is 10.6 Å². The van der Waals surface area contributed by atoms with Gasteiger partial charge >= 0.3 is 0 Å². The maximum absolute atomic E-state index is 11.8. The summed E-state index contributed by atoms with van der Waals surface area (Å²) in [6.45, 7) is 8.83. The lowest BCUT2D eigenvalue weighted by molar-refractivity contribution is -0.123. The normalized spacial score (nSPS) is 18.9. The maximum atomic E-state index is 11.8. The van der Waals surface area contributed by atoms with E-state index in [-0.39, 0.29) is 5.91 Å². The van der Waals surface area contributed by atoms with Crippen molar-refractivity contribution in [2.24, 2.45) is 0 Å². The third-order valence-electron chi connectivity index (χ3n) is 3.22. The van der Waals surface area contributed by atoms with Gasteiger partial charge in [0.2, 0.25) is 5.91 Å². The van der Waals surface area contributed by atoms with Gasteiger partial charge in [0.1, 0.15) is 0 Å². The third kappa shape index (κ3) is 6.64. The number of hydrogen-bond donors (Lipinski definition) is 2. The van der Waals surface area contributed by atoms with Crippen molar-refractivity contribution in [1.29, 1.82) is 0 Å². The summed E-state index contributed by atoms with van der Waals surface area (Å²) in [6, 6.07) is 0.317. The Bertz CT molecular complexity index is 215. The van der Waals surface area contributed by atoms with Crippen LogP contribution in [0.1, 0.15) is 39.5 Å². The van der Waals surface area contributed by atoms with Crippen molar-refractivity contribution in [2.75, 3.05) is 32.7 Å². The van der Waals surface area contributed by atoms with Crippen molar-refractivity contribution in [2.45, 2.75) is 45.6 Å². The molecule has 1 aliphatic rings. The molecule has 17 heavy (non-hydrogen) atoms. The molecule has 0 radical (unpaired) electrons. The van der Waals surface area contributed by atoms with E-state index in [1.165, 1.54) is 19.3 Å². The summed E-state index contributed by atoms with van der Waals surface area (Å²) in [6.07, 6.45) is 4.81. The Hall–Kier alpha value is -0.610. The van der Waals surface area contributed by atoms with E-state index in [0.29, 0.717) is 12.6 Å². The van der Waals surface area contributed by atoms with Gasteiger partial charge in [-0.2, -0.15) is 0 Å². The van der Waals surface area contributed by atoms with Gasteiger partial charge in [0.25, 0.3) is 0 Å². The average Bonchev–Trinajstić information content (AvgIpc) is 2.30. The van der Waals surface area contributed by atoms with Gasteiger partial charge in [-0.25, -0.2) is 0 Å². The van der Waals surface area contributed by atoms with E-state index >= 15 is 0 Å². The Balaban J connectivity index is 2.10. The standard InChI is InChI=1S/C13H27N3O/c1-3-4-5-6-12(2)15-13(17)11-16-9-7-14-8-10-16/h12,14H,3-11H2,1-2H3,(H,15,17). The number of piperazine rings is 1. The van der Waals surface area contributed by atoms with Crippen LogP contribution in [-0.2, 0) is 4.79 Å². The van der Waals surface area contributed by atoms with E-state index in [0.717, 1.165) is 32.6 Å². The molecule has 1 amide bonds. The monoisotopic (exact) mass is 241 g/mol. The molecular formula is C13H27N3O. The zero-order chi connectivity index (χ0) is 12.5. The number of nitrogens with zero attached hydrogens (tertiary/aromatic N) is 1. The smallest absolute Gasteiger partial charge is 0.234 e. The molecule has 0 aromatic heterocycles. The summed E-state index contributed by atoms with van der Waals surface area (Å²) in [7, 11) is 0. The fraction of sp³-hybridized carbons (Fsp3) is 0.923. The van der Waals surface area contributed by atoms with Gasteiger partial charge in [-0.3, -0.25) is 9.69 Å². The second-order valence-corrected chi connectivity index (χ2v) is 4.99. The van der Waals surface area contributed by atoms with Gasteiger partial charge < -0.3 is 10.6 Å². The number of unbranched alkanes of at least 4 members (excludes halogenated alkanes) is 2. The largest absolute Gasteiger partial charge is 0.353 e. The van der Waals surface area contributed by atoms with Crippen molar-refractivity contribution in [3.63, 3.8) is 0 Å². The van der Waals surface area contributed by atoms with Gasteiger partial charge in [-0.15, -0.1) is 0 Å². The van der Waals surface area contributed by atoms with Crippen molar-refractivity contribution in [1.82, 2.24) is 15.5 Å². The molecule has 0 aliphatic carbocycles. The number of nitrogens with one attached hydrogen (secondary N) is 2. The van der Waals surface area contributed by atoms with Crippen LogP contribution in [-0.4, -0.2) is 49.6 Å². The van der Waals surface area contributed by atoms with Gasteiger partial charge in [0.15, 0.2) is 0 Å². The van der Waals surface area contributed by atoms with E-state index in [9.17, 15) is 4.79 Å². The van der Waals surface area contributed by atoms with Crippen LogP contribution in [0.2, 0.25) is 0 Å². The minimum absolute atomic E-state index is 0.177. The first-order valence-corrected chi connectivity index (χ1v) is 6.94. The van der Waals surface area contributed by atoms with E-state index < -0.39 is 0 Å². The molecule has 1 fully saturated rings. The van der Waals surface area contributed by atoms with E-state index in [2.05, 4.69) is 29.4 Å². The molecule has 0 saturated carbocycles. The van der Waals surface area contributed by atoms with E-state index in [1.807, 2.05) is 0 Å². The van der Waals surface area contributed by atoms with Crippen LogP contribution >= 0.6 is 0 Å². The maximum Gasteiger partial charge on any atom is 0.234 e. The number of amides is 1. The Morgan fingerprint density at radius 3 is 2.71 bits per heavy atom. The number of rotatable bonds is 7. The van der Waals surface area contributed by atoms with Crippen LogP contribution in [0, 0.1) is 0 Å². The highest BCUT2D eigenvalue weighted by atomic mass is 16.2. The average molecular weight is 241 g/mol. The fourth-order valence-electron chi connectivity index (χ4n) is 2.17. The lowest BCUT2D eigenvalue weighted by Gasteiger charge is -2.27. The molecule has 1 heterocycles. The predicted molar refractivity (Wildman–Crippen MR) is 71.1 cm³/mol. The molecule has 1 atom stereocenters. The molecule has 0 bridgehead atoms. The Morgan fingerprint density at radius 2 is 2.06 bits per heavy atom. The van der Waals surface area contributed by atoms with Gasteiger partial charge in [-0.1, -0.05) is 26.2 Å². The highest BCUT2D eigenvalue weighted by molar-refractivity contribution is 5.78. The molecule has 1 rings (SSSR count). The highest BCUT2D eigenvalue weighted by Crippen LogP contribution is 2.02. The molecule has 1 aliphatic heterocycles. The molecular weight excluding hydrogens is 214 g/mol. The SMILES string of the molecule is CCCCCC(C)NC(=O)CN1CCNCC1. The Kier molecular flexibility index (Phi) is 7.21. The fourth-order valence-corrected chi connectivity index (χ4v) is 2.17. The minimum atomic E-state index is 0.177. The quantitative estimate of drug-likeness (QED) is 0.653. The lowest BCUT2D eigenvalue weighted by Crippen LogP contribution is -2.48. The number of hydrogen-bond acceptors (Lipinski definition) is 3. The molecule has 100 valence electrons. The molecule has 4 nitrogen and oxygen atoms in total. The first-order valence-electron chi connectivity index (χ1n) is 6.94. The van der Waals surface area contributed by atoms with Crippen molar-refractivity contribution in [3.8, 4) is 0 Å². The van der Waals surface area contributed by atoms with Crippen molar-refractivity contribution >= 4 is 5.91 Å². The summed E-state index contributed by atoms with van der Waals surface area (Å²) in [5, 5.41) is 6.37. The predicted octanol–water partition coefficient (Wildman–Crippen LogP) is 0.977. The summed E-state index contributed by atoms with van der Waals surface area (Å²) >= 11 is 0. The number of carbonyl (C=O) groups excluding carboxylic acids is 1. The second-order valence-electron chi connectivity index (χ2n) is 4.99. The summed E-state index contributed by atoms with van der Waals surface area (Å²) < 4.78 is 0. The second kappa shape index (κ2) is 8.48. The van der Waals surface area contributed by atoms with Crippen LogP contribution in [0.5, 0.6) is 0 Å². The summed E-state index contributed by atoms with van der Waals surface area (Å²) in [5.41, 5.74) is 0. The summed E-state index contributed by atoms with van der Waals surface area (Å²) in [5.74, 6) is 0.177. The van der Waals surface area contributed by atoms with Crippen molar-refractivity contribution in [3.05, 3.63) is 0 Å². The van der Waals surface area contributed by atoms with E-state index in [4.69, 9.17) is 0 Å². The van der Waals surface area contributed by atoms with Gasteiger partial charge in [0, 0.05) is 32.2 Å². The molecule has 0 aromatic rings. The first-order chi connectivity index (χ1) is 8.22. The van der Waals surface area contributed by atoms with Crippen LogP contribution in [0.15, 0.2) is 0 Å². The van der Waals surface area contributed by atoms with Crippen molar-refractivity contribution < 1.29 is 4.79 Å². The molecule has 4 heteroatoms. The molecule has 0 aromatic carbocycles. The Labute approximate surface area is 105 Å². The lowest BCUT2D eigenvalue weighted by atomic mass is 10.1. The summed E-state index contributed by atoms with van der Waals surface area (Å²) in [4.78, 5) is 14.0. The molecule has 1 saturated heterocycles. The zero-order valence-electron chi connectivity index (χ0n) is 11.3. The Morgan fingerprint density at radius 1 is 1.35 bits per heavy atom. The zero-order valence-corrected chi connectivity index (χ0v) is 11.3. The minimum Gasteiger partial charge on any atom is -0.353 e. The number of carbonyl (C=O) groups is 1. The molecule has 2 N–H and O–H groups in total. The van der Waals surface area contributed by atoms with Crippen LogP contribution in [0.25, 0.3) is 0 Å². The van der Waals surface area contributed by atoms with Crippen LogP contribution in [0.4, 0.5) is 0 Å². The van der Waals surface area contributed by atoms with Crippen LogP contribution in [0.3, 0.4) is 0 Å². The first kappa shape index (κ1) is 14.5. The highest BCUT2D eigenvalue weighted by Gasteiger charge is 2.14. The van der Waals surface area contributed by atoms with E-state index in [1.54, 1.807) is 0 Å². The van der Waals surface area contributed by atoms with Gasteiger partial charge in [0.05, 0.1) is 6.54 Å². The third-order valence-corrected chi connectivity index (χ3v) is 3.22.